The van der Waals surface area contributed by atoms with Crippen LogP contribution in [0.25, 0.3) is 0 Å². The van der Waals surface area contributed by atoms with E-state index < -0.39 is 11.7 Å². The molecule has 0 saturated heterocycles. The molecule has 0 unspecified atom stereocenters. The number of anilines is 2. The van der Waals surface area contributed by atoms with Crippen LogP contribution in [0.5, 0.6) is 0 Å². The van der Waals surface area contributed by atoms with Crippen molar-refractivity contribution in [2.45, 2.75) is 0 Å². The van der Waals surface area contributed by atoms with E-state index in [4.69, 9.17) is 5.73 Å². The van der Waals surface area contributed by atoms with Crippen LogP contribution in [0, 0.1) is 5.82 Å². The average Bonchev–Trinajstić information content (AvgIpc) is 2.63. The highest BCUT2D eigenvalue weighted by Gasteiger charge is 2.13. The first kappa shape index (κ1) is 12.0. The molecule has 88 valence electrons. The average molecular weight is 316 g/mol. The van der Waals surface area contributed by atoms with Gasteiger partial charge in [-0.3, -0.25) is 10.1 Å². The highest BCUT2D eigenvalue weighted by atomic mass is 79.9. The molecule has 1 aromatic heterocycles. The smallest absolute Gasteiger partial charge is 0.260 e. The standard InChI is InChI=1S/C10H7BrFN3OS/c11-8-4-14-10(17-8)15-9(16)6-2-1-5(13)3-7(6)12/h1-4H,13H2,(H,14,15,16). The van der Waals surface area contributed by atoms with Gasteiger partial charge in [0.15, 0.2) is 5.13 Å². The number of carbonyl (C=O) groups is 1. The van der Waals surface area contributed by atoms with Gasteiger partial charge < -0.3 is 5.73 Å². The summed E-state index contributed by atoms with van der Waals surface area (Å²) in [6, 6.07) is 3.91. The fraction of sp³-hybridized carbons (Fsp3) is 0. The number of aromatic nitrogens is 1. The Balaban J connectivity index is 2.20. The zero-order valence-electron chi connectivity index (χ0n) is 8.41. The van der Waals surface area contributed by atoms with Gasteiger partial charge in [-0.25, -0.2) is 9.37 Å². The summed E-state index contributed by atoms with van der Waals surface area (Å²) in [5.74, 6) is -1.21. The summed E-state index contributed by atoms with van der Waals surface area (Å²) >= 11 is 4.46. The molecule has 0 radical (unpaired) electrons. The molecule has 0 saturated carbocycles. The van der Waals surface area contributed by atoms with Gasteiger partial charge in [0.05, 0.1) is 15.5 Å². The number of hydrogen-bond donors (Lipinski definition) is 2. The summed E-state index contributed by atoms with van der Waals surface area (Å²) in [6.45, 7) is 0. The molecule has 0 spiro atoms. The van der Waals surface area contributed by atoms with E-state index in [0.29, 0.717) is 5.13 Å². The van der Waals surface area contributed by atoms with Crippen molar-refractivity contribution in [1.82, 2.24) is 4.98 Å². The number of benzene rings is 1. The predicted molar refractivity (Wildman–Crippen MR) is 68.6 cm³/mol. The lowest BCUT2D eigenvalue weighted by Crippen LogP contribution is -2.13. The van der Waals surface area contributed by atoms with Gasteiger partial charge in [0.1, 0.15) is 5.82 Å². The van der Waals surface area contributed by atoms with Crippen molar-refractivity contribution in [3.05, 3.63) is 39.6 Å². The van der Waals surface area contributed by atoms with Crippen LogP contribution < -0.4 is 11.1 Å². The first-order valence-corrected chi connectivity index (χ1v) is 6.15. The van der Waals surface area contributed by atoms with E-state index in [2.05, 4.69) is 26.2 Å². The normalized spacial score (nSPS) is 10.2. The van der Waals surface area contributed by atoms with Crippen molar-refractivity contribution >= 4 is 44.0 Å². The maximum Gasteiger partial charge on any atom is 0.260 e. The zero-order valence-corrected chi connectivity index (χ0v) is 10.8. The molecule has 0 aliphatic heterocycles. The van der Waals surface area contributed by atoms with Crippen LogP contribution in [0.1, 0.15) is 10.4 Å². The highest BCUT2D eigenvalue weighted by molar-refractivity contribution is 9.11. The number of halogens is 2. The number of nitrogen functional groups attached to an aromatic ring is 1. The second-order valence-electron chi connectivity index (χ2n) is 3.16. The Labute approximate surface area is 109 Å². The summed E-state index contributed by atoms with van der Waals surface area (Å²) in [7, 11) is 0. The van der Waals surface area contributed by atoms with E-state index in [1.165, 1.54) is 23.5 Å². The molecule has 7 heteroatoms. The van der Waals surface area contributed by atoms with Crippen molar-refractivity contribution in [2.75, 3.05) is 11.1 Å². The van der Waals surface area contributed by atoms with E-state index in [-0.39, 0.29) is 11.3 Å². The van der Waals surface area contributed by atoms with Gasteiger partial charge in [-0.2, -0.15) is 0 Å². The van der Waals surface area contributed by atoms with E-state index in [9.17, 15) is 9.18 Å². The van der Waals surface area contributed by atoms with Gasteiger partial charge in [-0.15, -0.1) is 0 Å². The third-order valence-electron chi connectivity index (χ3n) is 1.94. The van der Waals surface area contributed by atoms with E-state index in [1.54, 1.807) is 6.20 Å². The topological polar surface area (TPSA) is 68.0 Å². The maximum absolute atomic E-state index is 13.4. The van der Waals surface area contributed by atoms with Crippen LogP contribution in [0.3, 0.4) is 0 Å². The maximum atomic E-state index is 13.4. The fourth-order valence-electron chi connectivity index (χ4n) is 1.19. The van der Waals surface area contributed by atoms with Gasteiger partial charge in [-0.05, 0) is 34.1 Å². The number of amides is 1. The van der Waals surface area contributed by atoms with Crippen molar-refractivity contribution in [3.63, 3.8) is 0 Å². The van der Waals surface area contributed by atoms with Crippen molar-refractivity contribution in [2.24, 2.45) is 0 Å². The summed E-state index contributed by atoms with van der Waals surface area (Å²) in [5.41, 5.74) is 5.61. The predicted octanol–water partition coefficient (Wildman–Crippen LogP) is 2.88. The number of hydrogen-bond acceptors (Lipinski definition) is 4. The Morgan fingerprint density at radius 3 is 2.88 bits per heavy atom. The van der Waals surface area contributed by atoms with Gasteiger partial charge in [0, 0.05) is 5.69 Å². The molecular weight excluding hydrogens is 309 g/mol. The van der Waals surface area contributed by atoms with Gasteiger partial charge >= 0.3 is 0 Å². The lowest BCUT2D eigenvalue weighted by molar-refractivity contribution is 0.102. The Hall–Kier alpha value is -1.47. The van der Waals surface area contributed by atoms with Crippen LogP contribution in [-0.2, 0) is 0 Å². The molecule has 2 rings (SSSR count). The molecular formula is C10H7BrFN3OS. The number of carbonyl (C=O) groups excluding carboxylic acids is 1. The van der Waals surface area contributed by atoms with Crippen LogP contribution in [0.2, 0.25) is 0 Å². The summed E-state index contributed by atoms with van der Waals surface area (Å²) < 4.78 is 14.2. The number of nitrogens with two attached hydrogens (primary N) is 1. The lowest BCUT2D eigenvalue weighted by Gasteiger charge is -2.03. The first-order chi connectivity index (χ1) is 8.06. The second kappa shape index (κ2) is 4.80. The molecule has 17 heavy (non-hydrogen) atoms. The first-order valence-electron chi connectivity index (χ1n) is 4.54. The fourth-order valence-corrected chi connectivity index (χ4v) is 2.29. The Kier molecular flexibility index (Phi) is 3.39. The van der Waals surface area contributed by atoms with Crippen molar-refractivity contribution < 1.29 is 9.18 Å². The van der Waals surface area contributed by atoms with Crippen molar-refractivity contribution in [3.8, 4) is 0 Å². The quantitative estimate of drug-likeness (QED) is 0.837. The summed E-state index contributed by atoms with van der Waals surface area (Å²) in [6.07, 6.45) is 1.56. The lowest BCUT2D eigenvalue weighted by atomic mass is 10.2. The minimum absolute atomic E-state index is 0.0643. The minimum Gasteiger partial charge on any atom is -0.399 e. The largest absolute Gasteiger partial charge is 0.399 e. The molecule has 4 nitrogen and oxygen atoms in total. The summed E-state index contributed by atoms with van der Waals surface area (Å²) in [4.78, 5) is 15.6. The SMILES string of the molecule is Nc1ccc(C(=O)Nc2ncc(Br)s2)c(F)c1. The van der Waals surface area contributed by atoms with Gasteiger partial charge in [-0.1, -0.05) is 11.3 Å². The van der Waals surface area contributed by atoms with E-state index >= 15 is 0 Å². The summed E-state index contributed by atoms with van der Waals surface area (Å²) in [5, 5.41) is 2.90. The number of rotatable bonds is 2. The molecule has 0 atom stereocenters. The third kappa shape index (κ3) is 2.80. The Morgan fingerprint density at radius 2 is 2.29 bits per heavy atom. The molecule has 1 amide bonds. The molecule has 3 N–H and O–H groups in total. The highest BCUT2D eigenvalue weighted by Crippen LogP contribution is 2.24. The van der Waals surface area contributed by atoms with Crippen molar-refractivity contribution in [1.29, 1.82) is 0 Å². The molecule has 1 aromatic carbocycles. The number of thiazole rings is 1. The Morgan fingerprint density at radius 1 is 1.53 bits per heavy atom. The molecule has 0 aliphatic carbocycles. The van der Waals surface area contributed by atoms with Crippen LogP contribution in [0.15, 0.2) is 28.2 Å². The zero-order chi connectivity index (χ0) is 12.4. The molecule has 1 heterocycles. The molecule has 0 fully saturated rings. The second-order valence-corrected chi connectivity index (χ2v) is 5.57. The molecule has 0 aliphatic rings. The van der Waals surface area contributed by atoms with Gasteiger partial charge in [0.25, 0.3) is 5.91 Å². The molecule has 0 bridgehead atoms. The minimum atomic E-state index is -0.655. The molecule has 2 aromatic rings. The number of nitrogens with one attached hydrogen (secondary N) is 1. The van der Waals surface area contributed by atoms with Crippen LogP contribution in [-0.4, -0.2) is 10.9 Å². The van der Waals surface area contributed by atoms with E-state index in [0.717, 1.165) is 9.85 Å². The van der Waals surface area contributed by atoms with Gasteiger partial charge in [0.2, 0.25) is 0 Å². The number of nitrogens with zero attached hydrogens (tertiary/aromatic N) is 1. The Bertz CT molecular complexity index is 572. The van der Waals surface area contributed by atoms with Crippen LogP contribution in [0.4, 0.5) is 15.2 Å². The van der Waals surface area contributed by atoms with Crippen LogP contribution >= 0.6 is 27.3 Å². The van der Waals surface area contributed by atoms with E-state index in [1.807, 2.05) is 0 Å². The third-order valence-corrected chi connectivity index (χ3v) is 3.33. The monoisotopic (exact) mass is 315 g/mol.